The van der Waals surface area contributed by atoms with E-state index in [4.69, 9.17) is 11.5 Å². The SMILES string of the molecule is Cl.NCC[C@H](N)C(=O)NCc1ccccc1. The number of carbonyl (C=O) groups is 1. The van der Waals surface area contributed by atoms with Crippen molar-refractivity contribution in [2.24, 2.45) is 11.5 Å². The molecule has 90 valence electrons. The third kappa shape index (κ3) is 5.11. The van der Waals surface area contributed by atoms with Crippen LogP contribution in [0.25, 0.3) is 0 Å². The number of rotatable bonds is 5. The van der Waals surface area contributed by atoms with E-state index in [0.717, 1.165) is 5.56 Å². The van der Waals surface area contributed by atoms with Gasteiger partial charge in [0.1, 0.15) is 0 Å². The summed E-state index contributed by atoms with van der Waals surface area (Å²) in [5.41, 5.74) is 12.0. The molecule has 0 saturated heterocycles. The highest BCUT2D eigenvalue weighted by atomic mass is 35.5. The molecular formula is C11H18ClN3O. The fourth-order valence-corrected chi connectivity index (χ4v) is 1.23. The summed E-state index contributed by atoms with van der Waals surface area (Å²) in [5, 5.41) is 2.76. The van der Waals surface area contributed by atoms with Gasteiger partial charge in [0.2, 0.25) is 5.91 Å². The van der Waals surface area contributed by atoms with E-state index in [2.05, 4.69) is 5.32 Å². The van der Waals surface area contributed by atoms with Gasteiger partial charge >= 0.3 is 0 Å². The summed E-state index contributed by atoms with van der Waals surface area (Å²) in [7, 11) is 0. The van der Waals surface area contributed by atoms with E-state index in [1.807, 2.05) is 30.3 Å². The number of hydrogen-bond acceptors (Lipinski definition) is 3. The summed E-state index contributed by atoms with van der Waals surface area (Å²) in [5.74, 6) is -0.149. The topological polar surface area (TPSA) is 81.1 Å². The van der Waals surface area contributed by atoms with Gasteiger partial charge in [-0.3, -0.25) is 4.79 Å². The van der Waals surface area contributed by atoms with Crippen molar-refractivity contribution in [1.29, 1.82) is 0 Å². The van der Waals surface area contributed by atoms with Crippen molar-refractivity contribution < 1.29 is 4.79 Å². The van der Waals surface area contributed by atoms with Gasteiger partial charge in [0.15, 0.2) is 0 Å². The largest absolute Gasteiger partial charge is 0.351 e. The molecule has 0 saturated carbocycles. The van der Waals surface area contributed by atoms with Crippen molar-refractivity contribution in [3.63, 3.8) is 0 Å². The van der Waals surface area contributed by atoms with Crippen molar-refractivity contribution in [2.45, 2.75) is 19.0 Å². The van der Waals surface area contributed by atoms with Gasteiger partial charge in [-0.05, 0) is 18.5 Å². The van der Waals surface area contributed by atoms with E-state index in [1.165, 1.54) is 0 Å². The molecule has 16 heavy (non-hydrogen) atoms. The number of carbonyl (C=O) groups excluding carboxylic acids is 1. The lowest BCUT2D eigenvalue weighted by molar-refractivity contribution is -0.122. The van der Waals surface area contributed by atoms with Crippen molar-refractivity contribution >= 4 is 18.3 Å². The monoisotopic (exact) mass is 243 g/mol. The number of nitrogens with one attached hydrogen (secondary N) is 1. The molecule has 0 aliphatic carbocycles. The molecule has 5 heteroatoms. The molecule has 0 heterocycles. The van der Waals surface area contributed by atoms with Crippen LogP contribution in [-0.4, -0.2) is 18.5 Å². The van der Waals surface area contributed by atoms with Crippen LogP contribution in [0.5, 0.6) is 0 Å². The van der Waals surface area contributed by atoms with E-state index in [9.17, 15) is 4.79 Å². The first kappa shape index (κ1) is 14.9. The molecule has 0 aliphatic heterocycles. The van der Waals surface area contributed by atoms with Crippen molar-refractivity contribution in [2.75, 3.05) is 6.54 Å². The quantitative estimate of drug-likeness (QED) is 0.700. The highest BCUT2D eigenvalue weighted by Gasteiger charge is 2.11. The molecule has 0 spiro atoms. The first-order valence-corrected chi connectivity index (χ1v) is 5.01. The van der Waals surface area contributed by atoms with Crippen LogP contribution in [0.1, 0.15) is 12.0 Å². The van der Waals surface area contributed by atoms with E-state index in [1.54, 1.807) is 0 Å². The Kier molecular flexibility index (Phi) is 7.54. The zero-order valence-corrected chi connectivity index (χ0v) is 9.87. The first-order chi connectivity index (χ1) is 7.24. The average Bonchev–Trinajstić information content (AvgIpc) is 2.27. The molecule has 5 N–H and O–H groups in total. The molecule has 0 aromatic heterocycles. The Morgan fingerprint density at radius 1 is 1.31 bits per heavy atom. The second-order valence-corrected chi connectivity index (χ2v) is 3.39. The minimum atomic E-state index is -0.501. The fraction of sp³-hybridized carbons (Fsp3) is 0.364. The van der Waals surface area contributed by atoms with Gasteiger partial charge in [-0.2, -0.15) is 0 Å². The van der Waals surface area contributed by atoms with Crippen LogP contribution in [0.2, 0.25) is 0 Å². The van der Waals surface area contributed by atoms with E-state index in [-0.39, 0.29) is 18.3 Å². The third-order valence-corrected chi connectivity index (χ3v) is 2.12. The third-order valence-electron chi connectivity index (χ3n) is 2.12. The Morgan fingerprint density at radius 3 is 2.50 bits per heavy atom. The maximum absolute atomic E-state index is 11.4. The van der Waals surface area contributed by atoms with Gasteiger partial charge in [-0.15, -0.1) is 12.4 Å². The van der Waals surface area contributed by atoms with Gasteiger partial charge < -0.3 is 16.8 Å². The van der Waals surface area contributed by atoms with Crippen LogP contribution in [0.15, 0.2) is 30.3 Å². The Hall–Kier alpha value is -1.10. The van der Waals surface area contributed by atoms with Gasteiger partial charge in [0.05, 0.1) is 6.04 Å². The predicted molar refractivity (Wildman–Crippen MR) is 67.2 cm³/mol. The molecule has 0 aliphatic rings. The molecular weight excluding hydrogens is 226 g/mol. The normalized spacial score (nSPS) is 11.4. The Labute approximate surface area is 102 Å². The fourth-order valence-electron chi connectivity index (χ4n) is 1.23. The molecule has 0 unspecified atom stereocenters. The molecule has 1 aromatic rings. The number of halogens is 1. The van der Waals surface area contributed by atoms with E-state index >= 15 is 0 Å². The maximum atomic E-state index is 11.4. The van der Waals surface area contributed by atoms with Crippen LogP contribution >= 0.6 is 12.4 Å². The molecule has 1 rings (SSSR count). The summed E-state index contributed by atoms with van der Waals surface area (Å²) in [6.07, 6.45) is 0.515. The zero-order chi connectivity index (χ0) is 11.1. The van der Waals surface area contributed by atoms with Crippen molar-refractivity contribution in [3.8, 4) is 0 Å². The molecule has 0 fully saturated rings. The summed E-state index contributed by atoms with van der Waals surface area (Å²) >= 11 is 0. The Bertz CT molecular complexity index is 305. The van der Waals surface area contributed by atoms with Crippen LogP contribution < -0.4 is 16.8 Å². The predicted octanol–water partition coefficient (Wildman–Crippen LogP) is 0.401. The number of nitrogens with two attached hydrogens (primary N) is 2. The van der Waals surface area contributed by atoms with E-state index < -0.39 is 6.04 Å². The van der Waals surface area contributed by atoms with Crippen LogP contribution in [-0.2, 0) is 11.3 Å². The van der Waals surface area contributed by atoms with Crippen LogP contribution in [0.4, 0.5) is 0 Å². The van der Waals surface area contributed by atoms with Crippen LogP contribution in [0.3, 0.4) is 0 Å². The second kappa shape index (κ2) is 8.10. The highest BCUT2D eigenvalue weighted by Crippen LogP contribution is 1.97. The van der Waals surface area contributed by atoms with Crippen molar-refractivity contribution in [1.82, 2.24) is 5.32 Å². The second-order valence-electron chi connectivity index (χ2n) is 3.39. The molecule has 1 aromatic carbocycles. The summed E-state index contributed by atoms with van der Waals surface area (Å²) in [6, 6.07) is 9.20. The zero-order valence-electron chi connectivity index (χ0n) is 9.06. The van der Waals surface area contributed by atoms with Gasteiger partial charge in [0.25, 0.3) is 0 Å². The number of benzene rings is 1. The lowest BCUT2D eigenvalue weighted by Gasteiger charge is -2.10. The molecule has 0 bridgehead atoms. The summed E-state index contributed by atoms with van der Waals surface area (Å²) in [6.45, 7) is 0.942. The minimum Gasteiger partial charge on any atom is -0.351 e. The van der Waals surface area contributed by atoms with Gasteiger partial charge in [-0.1, -0.05) is 30.3 Å². The average molecular weight is 244 g/mol. The Balaban J connectivity index is 0.00000225. The molecule has 1 amide bonds. The lowest BCUT2D eigenvalue weighted by Crippen LogP contribution is -2.41. The van der Waals surface area contributed by atoms with Crippen LogP contribution in [0, 0.1) is 0 Å². The number of hydrogen-bond donors (Lipinski definition) is 3. The summed E-state index contributed by atoms with van der Waals surface area (Å²) in [4.78, 5) is 11.4. The molecule has 0 radical (unpaired) electrons. The minimum absolute atomic E-state index is 0. The highest BCUT2D eigenvalue weighted by molar-refractivity contribution is 5.85. The molecule has 1 atom stereocenters. The maximum Gasteiger partial charge on any atom is 0.237 e. The Morgan fingerprint density at radius 2 is 1.94 bits per heavy atom. The van der Waals surface area contributed by atoms with Gasteiger partial charge in [-0.25, -0.2) is 0 Å². The number of amides is 1. The molecule has 4 nitrogen and oxygen atoms in total. The van der Waals surface area contributed by atoms with E-state index in [0.29, 0.717) is 19.5 Å². The van der Waals surface area contributed by atoms with Crippen molar-refractivity contribution in [3.05, 3.63) is 35.9 Å². The van der Waals surface area contributed by atoms with Gasteiger partial charge in [0, 0.05) is 6.54 Å². The first-order valence-electron chi connectivity index (χ1n) is 5.01. The standard InChI is InChI=1S/C11H17N3O.ClH/c12-7-6-10(13)11(15)14-8-9-4-2-1-3-5-9;/h1-5,10H,6-8,12-13H2,(H,14,15);1H/t10-;/m0./s1. The smallest absolute Gasteiger partial charge is 0.237 e. The lowest BCUT2D eigenvalue weighted by atomic mass is 10.2. The summed E-state index contributed by atoms with van der Waals surface area (Å²) < 4.78 is 0.